The van der Waals surface area contributed by atoms with Crippen molar-refractivity contribution in [3.8, 4) is 0 Å². The van der Waals surface area contributed by atoms with Crippen LogP contribution in [0.2, 0.25) is 0 Å². The summed E-state index contributed by atoms with van der Waals surface area (Å²) in [6, 6.07) is 1.94. The predicted octanol–water partition coefficient (Wildman–Crippen LogP) is 1.30. The van der Waals surface area contributed by atoms with Gasteiger partial charge in [-0.05, 0) is 32.4 Å². The highest BCUT2D eigenvalue weighted by molar-refractivity contribution is 5.34. The molecule has 0 aliphatic carbocycles. The van der Waals surface area contributed by atoms with Crippen molar-refractivity contribution in [2.45, 2.75) is 38.7 Å². The highest BCUT2D eigenvalue weighted by Gasteiger charge is 2.14. The van der Waals surface area contributed by atoms with Crippen molar-refractivity contribution in [3.05, 3.63) is 18.1 Å². The minimum atomic E-state index is -0.349. The smallest absolute Gasteiger partial charge is 0.129 e. The summed E-state index contributed by atoms with van der Waals surface area (Å²) in [4.78, 5) is 10.7. The Kier molecular flexibility index (Phi) is 5.54. The first-order valence-electron chi connectivity index (χ1n) is 7.23. The third kappa shape index (κ3) is 4.76. The number of hydrogen-bond donors (Lipinski definition) is 2. The van der Waals surface area contributed by atoms with Crippen molar-refractivity contribution < 1.29 is 5.11 Å². The van der Waals surface area contributed by atoms with Gasteiger partial charge in [0, 0.05) is 24.8 Å². The Morgan fingerprint density at radius 2 is 2.11 bits per heavy atom. The molecular formula is C14H24N4O. The maximum absolute atomic E-state index is 10.0. The molecule has 1 aliphatic heterocycles. The van der Waals surface area contributed by atoms with Crippen LogP contribution in [0.25, 0.3) is 0 Å². The molecule has 1 saturated heterocycles. The summed E-state index contributed by atoms with van der Waals surface area (Å²) in [7, 11) is 0. The summed E-state index contributed by atoms with van der Waals surface area (Å²) in [6.07, 6.45) is 5.95. The second-order valence-corrected chi connectivity index (χ2v) is 5.14. The van der Waals surface area contributed by atoms with Crippen LogP contribution in [0.3, 0.4) is 0 Å². The molecular weight excluding hydrogens is 240 g/mol. The molecule has 0 spiro atoms. The van der Waals surface area contributed by atoms with Crippen molar-refractivity contribution in [1.29, 1.82) is 0 Å². The van der Waals surface area contributed by atoms with Crippen LogP contribution in [-0.4, -0.2) is 52.3 Å². The fraction of sp³-hybridized carbons (Fsp3) is 0.714. The predicted molar refractivity (Wildman–Crippen MR) is 76.2 cm³/mol. The zero-order valence-electron chi connectivity index (χ0n) is 11.7. The zero-order chi connectivity index (χ0) is 13.5. The van der Waals surface area contributed by atoms with E-state index in [1.54, 1.807) is 6.33 Å². The van der Waals surface area contributed by atoms with Gasteiger partial charge in [-0.3, -0.25) is 0 Å². The number of aliphatic hydroxyl groups excluding tert-OH is 1. The lowest BCUT2D eigenvalue weighted by atomic mass is 10.1. The Balaban J connectivity index is 1.74. The van der Waals surface area contributed by atoms with E-state index in [2.05, 4.69) is 27.1 Å². The Bertz CT molecular complexity index is 379. The number of β-amino-alcohol motifs (C(OH)–C–C–N with tert-alkyl or cyclic N) is 1. The van der Waals surface area contributed by atoms with Crippen LogP contribution < -0.4 is 5.32 Å². The molecule has 0 amide bonds. The van der Waals surface area contributed by atoms with Gasteiger partial charge in [0.2, 0.25) is 0 Å². The van der Waals surface area contributed by atoms with E-state index in [-0.39, 0.29) is 6.10 Å². The van der Waals surface area contributed by atoms with Crippen molar-refractivity contribution in [2.75, 3.05) is 31.5 Å². The van der Waals surface area contributed by atoms with Gasteiger partial charge < -0.3 is 15.3 Å². The molecule has 1 atom stereocenters. The lowest BCUT2D eigenvalue weighted by Crippen LogP contribution is -2.39. The number of piperidine rings is 1. The van der Waals surface area contributed by atoms with Gasteiger partial charge in [-0.15, -0.1) is 0 Å². The molecule has 19 heavy (non-hydrogen) atoms. The van der Waals surface area contributed by atoms with Gasteiger partial charge in [0.25, 0.3) is 0 Å². The molecule has 1 fully saturated rings. The number of aryl methyl sites for hydroxylation is 1. The lowest BCUT2D eigenvalue weighted by molar-refractivity contribution is 0.109. The number of rotatable bonds is 6. The topological polar surface area (TPSA) is 61.3 Å². The number of nitrogens with zero attached hydrogens (tertiary/aromatic N) is 3. The number of nitrogens with one attached hydrogen (secondary N) is 1. The fourth-order valence-electron chi connectivity index (χ4n) is 2.41. The van der Waals surface area contributed by atoms with Crippen molar-refractivity contribution >= 4 is 5.82 Å². The molecule has 5 nitrogen and oxygen atoms in total. The van der Waals surface area contributed by atoms with Crippen LogP contribution in [0, 0.1) is 0 Å². The van der Waals surface area contributed by atoms with Crippen molar-refractivity contribution in [3.63, 3.8) is 0 Å². The Morgan fingerprint density at radius 3 is 2.84 bits per heavy atom. The zero-order valence-corrected chi connectivity index (χ0v) is 11.7. The van der Waals surface area contributed by atoms with Gasteiger partial charge in [-0.2, -0.15) is 0 Å². The molecule has 1 aromatic rings. The molecule has 5 heteroatoms. The van der Waals surface area contributed by atoms with Crippen LogP contribution in [-0.2, 0) is 6.42 Å². The quantitative estimate of drug-likeness (QED) is 0.811. The third-order valence-corrected chi connectivity index (χ3v) is 3.52. The fourth-order valence-corrected chi connectivity index (χ4v) is 2.41. The van der Waals surface area contributed by atoms with E-state index in [1.807, 2.05) is 6.07 Å². The highest BCUT2D eigenvalue weighted by atomic mass is 16.3. The summed E-state index contributed by atoms with van der Waals surface area (Å²) in [5.74, 6) is 0.796. The number of aliphatic hydroxyl groups is 1. The molecule has 2 rings (SSSR count). The standard InChI is InChI=1S/C14H24N4O/c1-2-12-8-14(17-11-16-12)15-9-13(19)10-18-6-4-3-5-7-18/h8,11,13,19H,2-7,9-10H2,1H3,(H,15,16,17)/t13-/m1/s1. The summed E-state index contributed by atoms with van der Waals surface area (Å²) in [5.41, 5.74) is 1.02. The monoisotopic (exact) mass is 264 g/mol. The van der Waals surface area contributed by atoms with Crippen LogP contribution in [0.15, 0.2) is 12.4 Å². The van der Waals surface area contributed by atoms with Crippen LogP contribution in [0.5, 0.6) is 0 Å². The first-order valence-corrected chi connectivity index (χ1v) is 7.23. The largest absolute Gasteiger partial charge is 0.390 e. The molecule has 106 valence electrons. The van der Waals surface area contributed by atoms with E-state index < -0.39 is 0 Å². The maximum atomic E-state index is 10.0. The van der Waals surface area contributed by atoms with E-state index in [0.717, 1.165) is 37.6 Å². The van der Waals surface area contributed by atoms with Crippen molar-refractivity contribution in [1.82, 2.24) is 14.9 Å². The van der Waals surface area contributed by atoms with Gasteiger partial charge in [-0.1, -0.05) is 13.3 Å². The molecule has 1 aliphatic rings. The molecule has 0 saturated carbocycles. The van der Waals surface area contributed by atoms with Crippen LogP contribution in [0.4, 0.5) is 5.82 Å². The Labute approximate surface area is 115 Å². The Morgan fingerprint density at radius 1 is 1.32 bits per heavy atom. The van der Waals surface area contributed by atoms with Crippen LogP contribution in [0.1, 0.15) is 31.9 Å². The average molecular weight is 264 g/mol. The van der Waals surface area contributed by atoms with E-state index in [1.165, 1.54) is 19.3 Å². The summed E-state index contributed by atoms with van der Waals surface area (Å²) in [5, 5.41) is 13.2. The van der Waals surface area contributed by atoms with Gasteiger partial charge in [0.1, 0.15) is 12.1 Å². The summed E-state index contributed by atoms with van der Waals surface area (Å²) in [6.45, 7) is 5.59. The minimum Gasteiger partial charge on any atom is -0.390 e. The number of hydrogen-bond acceptors (Lipinski definition) is 5. The first-order chi connectivity index (χ1) is 9.28. The van der Waals surface area contributed by atoms with E-state index in [9.17, 15) is 5.11 Å². The molecule has 0 bridgehead atoms. The normalized spacial score (nSPS) is 18.2. The first kappa shape index (κ1) is 14.2. The minimum absolute atomic E-state index is 0.349. The number of likely N-dealkylation sites (tertiary alicyclic amines) is 1. The van der Waals surface area contributed by atoms with Crippen LogP contribution >= 0.6 is 0 Å². The number of aromatic nitrogens is 2. The maximum Gasteiger partial charge on any atom is 0.129 e. The van der Waals surface area contributed by atoms with Gasteiger partial charge in [0.15, 0.2) is 0 Å². The average Bonchev–Trinajstić information content (AvgIpc) is 2.46. The summed E-state index contributed by atoms with van der Waals surface area (Å²) < 4.78 is 0. The van der Waals surface area contributed by atoms with E-state index >= 15 is 0 Å². The third-order valence-electron chi connectivity index (χ3n) is 3.52. The SMILES string of the molecule is CCc1cc(NC[C@@H](O)CN2CCCCC2)ncn1. The molecule has 1 aromatic heterocycles. The molecule has 2 heterocycles. The highest BCUT2D eigenvalue weighted by Crippen LogP contribution is 2.09. The summed E-state index contributed by atoms with van der Waals surface area (Å²) >= 11 is 0. The van der Waals surface area contributed by atoms with Gasteiger partial charge in [0.05, 0.1) is 6.10 Å². The second-order valence-electron chi connectivity index (χ2n) is 5.14. The van der Waals surface area contributed by atoms with Gasteiger partial charge in [-0.25, -0.2) is 9.97 Å². The lowest BCUT2D eigenvalue weighted by Gasteiger charge is -2.28. The molecule has 0 unspecified atom stereocenters. The van der Waals surface area contributed by atoms with E-state index in [0.29, 0.717) is 6.54 Å². The molecule has 0 radical (unpaired) electrons. The number of anilines is 1. The van der Waals surface area contributed by atoms with Gasteiger partial charge >= 0.3 is 0 Å². The molecule has 2 N–H and O–H groups in total. The molecule has 0 aromatic carbocycles. The second kappa shape index (κ2) is 7.40. The van der Waals surface area contributed by atoms with Crippen molar-refractivity contribution in [2.24, 2.45) is 0 Å². The van der Waals surface area contributed by atoms with E-state index in [4.69, 9.17) is 0 Å². The Hall–Kier alpha value is -1.20.